The average Bonchev–Trinajstić information content (AvgIpc) is 3.24. The Morgan fingerprint density at radius 2 is 1.78 bits per heavy atom. The minimum atomic E-state index is -0.830. The molecule has 0 aliphatic carbocycles. The third-order valence-corrected chi connectivity index (χ3v) is 6.62. The maximum Gasteiger partial charge on any atom is 0.301 e. The Hall–Kier alpha value is -3.16. The van der Waals surface area contributed by atoms with Crippen LogP contribution in [-0.4, -0.2) is 28.4 Å². The normalized spacial score (nSPS) is 17.8. The van der Waals surface area contributed by atoms with Gasteiger partial charge in [0.25, 0.3) is 5.78 Å². The average molecular weight is 469 g/mol. The Kier molecular flexibility index (Phi) is 6.04. The SMILES string of the molecule is CCOc1ccc(/C(O)=C2\C(=O)C(=O)N(c3nc(C)c(C)s3)[C@H]2c2ccc(Cl)cc2)cc1. The fourth-order valence-corrected chi connectivity index (χ4v) is 4.64. The molecule has 1 saturated heterocycles. The summed E-state index contributed by atoms with van der Waals surface area (Å²) >= 11 is 7.39. The van der Waals surface area contributed by atoms with Crippen molar-refractivity contribution in [2.24, 2.45) is 0 Å². The molecule has 2 heterocycles. The zero-order valence-corrected chi connectivity index (χ0v) is 19.3. The summed E-state index contributed by atoms with van der Waals surface area (Å²) < 4.78 is 5.45. The summed E-state index contributed by atoms with van der Waals surface area (Å²) in [6, 6.07) is 12.8. The molecule has 1 aliphatic rings. The van der Waals surface area contributed by atoms with E-state index in [2.05, 4.69) is 4.98 Å². The number of thiazole rings is 1. The molecule has 32 heavy (non-hydrogen) atoms. The second-order valence-corrected chi connectivity index (χ2v) is 8.93. The maximum atomic E-state index is 13.1. The number of aliphatic hydroxyl groups is 1. The summed E-state index contributed by atoms with van der Waals surface area (Å²) in [5.41, 5.74) is 1.85. The Morgan fingerprint density at radius 3 is 2.34 bits per heavy atom. The quantitative estimate of drug-likeness (QED) is 0.306. The number of hydrogen-bond donors (Lipinski definition) is 1. The van der Waals surface area contributed by atoms with Gasteiger partial charge in [-0.25, -0.2) is 4.98 Å². The van der Waals surface area contributed by atoms with Gasteiger partial charge in [-0.05, 0) is 62.7 Å². The molecule has 0 saturated carbocycles. The molecule has 164 valence electrons. The number of carbonyl (C=O) groups is 2. The van der Waals surface area contributed by atoms with Crippen molar-refractivity contribution in [2.75, 3.05) is 11.5 Å². The van der Waals surface area contributed by atoms with Crippen LogP contribution in [0.2, 0.25) is 5.02 Å². The second kappa shape index (κ2) is 8.76. The molecule has 6 nitrogen and oxygen atoms in total. The van der Waals surface area contributed by atoms with E-state index in [0.717, 1.165) is 10.6 Å². The number of rotatable bonds is 5. The number of aromatic nitrogens is 1. The van der Waals surface area contributed by atoms with Gasteiger partial charge in [-0.2, -0.15) is 0 Å². The summed E-state index contributed by atoms with van der Waals surface area (Å²) in [5.74, 6) is -1.10. The highest BCUT2D eigenvalue weighted by Crippen LogP contribution is 2.44. The van der Waals surface area contributed by atoms with E-state index in [1.807, 2.05) is 20.8 Å². The van der Waals surface area contributed by atoms with Gasteiger partial charge >= 0.3 is 5.91 Å². The molecule has 3 aromatic rings. The molecule has 1 amide bonds. The van der Waals surface area contributed by atoms with Gasteiger partial charge in [0.15, 0.2) is 5.13 Å². The first-order valence-corrected chi connectivity index (χ1v) is 11.2. The van der Waals surface area contributed by atoms with Crippen LogP contribution in [0.3, 0.4) is 0 Å². The molecular formula is C24H21ClN2O4S. The Bertz CT molecular complexity index is 1200. The number of ether oxygens (including phenoxy) is 1. The second-order valence-electron chi connectivity index (χ2n) is 7.32. The number of amides is 1. The van der Waals surface area contributed by atoms with Crippen molar-refractivity contribution in [1.29, 1.82) is 0 Å². The van der Waals surface area contributed by atoms with E-state index in [1.54, 1.807) is 48.5 Å². The Labute approximate surface area is 194 Å². The van der Waals surface area contributed by atoms with E-state index in [-0.39, 0.29) is 11.3 Å². The third kappa shape index (κ3) is 3.89. The van der Waals surface area contributed by atoms with Crippen molar-refractivity contribution >= 4 is 45.5 Å². The fourth-order valence-electron chi connectivity index (χ4n) is 3.58. The molecule has 4 rings (SSSR count). The Morgan fingerprint density at radius 1 is 1.12 bits per heavy atom. The number of nitrogens with zero attached hydrogens (tertiary/aromatic N) is 2. The number of ketones is 1. The lowest BCUT2D eigenvalue weighted by atomic mass is 9.95. The molecule has 1 fully saturated rings. The van der Waals surface area contributed by atoms with Gasteiger partial charge in [0, 0.05) is 15.5 Å². The monoisotopic (exact) mass is 468 g/mol. The predicted octanol–water partition coefficient (Wildman–Crippen LogP) is 5.44. The minimum Gasteiger partial charge on any atom is -0.507 e. The summed E-state index contributed by atoms with van der Waals surface area (Å²) in [6.07, 6.45) is 0. The fraction of sp³-hybridized carbons (Fsp3) is 0.208. The smallest absolute Gasteiger partial charge is 0.301 e. The number of carbonyl (C=O) groups excluding carboxylic acids is 2. The Balaban J connectivity index is 1.89. The van der Waals surface area contributed by atoms with Crippen molar-refractivity contribution in [3.63, 3.8) is 0 Å². The molecule has 1 N–H and O–H groups in total. The van der Waals surface area contributed by atoms with Crippen LogP contribution in [0.1, 0.15) is 34.7 Å². The zero-order chi connectivity index (χ0) is 23.0. The van der Waals surface area contributed by atoms with Gasteiger partial charge in [-0.15, -0.1) is 11.3 Å². The number of aliphatic hydroxyl groups excluding tert-OH is 1. The standard InChI is InChI=1S/C24H21ClN2O4S/c1-4-31-18-11-7-16(8-12-18)21(28)19-20(15-5-9-17(25)10-6-15)27(23(30)22(19)29)24-26-13(2)14(3)32-24/h5-12,20,28H,4H2,1-3H3/b21-19+/t20-/m0/s1. The highest BCUT2D eigenvalue weighted by atomic mass is 35.5. The number of Topliss-reactive ketones (excluding diaryl/α,β-unsaturated/α-hetero) is 1. The van der Waals surface area contributed by atoms with Crippen LogP contribution in [0.4, 0.5) is 5.13 Å². The van der Waals surface area contributed by atoms with Crippen LogP contribution in [-0.2, 0) is 9.59 Å². The van der Waals surface area contributed by atoms with E-state index in [4.69, 9.17) is 16.3 Å². The summed E-state index contributed by atoms with van der Waals surface area (Å²) in [7, 11) is 0. The summed E-state index contributed by atoms with van der Waals surface area (Å²) in [5, 5.41) is 12.1. The van der Waals surface area contributed by atoms with Gasteiger partial charge in [0.2, 0.25) is 0 Å². The van der Waals surface area contributed by atoms with E-state index >= 15 is 0 Å². The molecule has 2 aromatic carbocycles. The molecule has 1 atom stereocenters. The molecule has 0 spiro atoms. The minimum absolute atomic E-state index is 0.00647. The number of aryl methyl sites for hydroxylation is 2. The van der Waals surface area contributed by atoms with Crippen molar-refractivity contribution < 1.29 is 19.4 Å². The van der Waals surface area contributed by atoms with Gasteiger partial charge in [0.05, 0.1) is 23.9 Å². The van der Waals surface area contributed by atoms with Crippen LogP contribution in [0, 0.1) is 13.8 Å². The molecule has 1 aliphatic heterocycles. The first kappa shape index (κ1) is 22.0. The summed E-state index contributed by atoms with van der Waals surface area (Å²) in [6.45, 7) is 6.15. The zero-order valence-electron chi connectivity index (χ0n) is 17.8. The number of halogens is 1. The lowest BCUT2D eigenvalue weighted by Gasteiger charge is -2.23. The first-order valence-electron chi connectivity index (χ1n) is 10.1. The van der Waals surface area contributed by atoms with Gasteiger partial charge in [-0.3, -0.25) is 14.5 Å². The number of benzene rings is 2. The van der Waals surface area contributed by atoms with Gasteiger partial charge < -0.3 is 9.84 Å². The highest BCUT2D eigenvalue weighted by Gasteiger charge is 2.48. The van der Waals surface area contributed by atoms with Crippen molar-refractivity contribution in [3.8, 4) is 5.75 Å². The first-order chi connectivity index (χ1) is 15.3. The number of anilines is 1. The predicted molar refractivity (Wildman–Crippen MR) is 125 cm³/mol. The van der Waals surface area contributed by atoms with Crippen LogP contribution in [0.25, 0.3) is 5.76 Å². The molecule has 0 radical (unpaired) electrons. The molecule has 1 aromatic heterocycles. The van der Waals surface area contributed by atoms with Crippen LogP contribution in [0.5, 0.6) is 5.75 Å². The highest BCUT2D eigenvalue weighted by molar-refractivity contribution is 7.16. The van der Waals surface area contributed by atoms with Crippen LogP contribution >= 0.6 is 22.9 Å². The maximum absolute atomic E-state index is 13.1. The molecular weight excluding hydrogens is 448 g/mol. The largest absolute Gasteiger partial charge is 0.507 e. The van der Waals surface area contributed by atoms with Crippen molar-refractivity contribution in [3.05, 3.63) is 80.8 Å². The van der Waals surface area contributed by atoms with E-state index in [0.29, 0.717) is 33.6 Å². The lowest BCUT2D eigenvalue weighted by Crippen LogP contribution is -2.29. The summed E-state index contributed by atoms with van der Waals surface area (Å²) in [4.78, 5) is 33.0. The van der Waals surface area contributed by atoms with E-state index in [1.165, 1.54) is 16.2 Å². The topological polar surface area (TPSA) is 79.7 Å². The molecule has 8 heteroatoms. The molecule has 0 unspecified atom stereocenters. The van der Waals surface area contributed by atoms with Crippen LogP contribution < -0.4 is 9.64 Å². The third-order valence-electron chi connectivity index (χ3n) is 5.29. The van der Waals surface area contributed by atoms with E-state index in [9.17, 15) is 14.7 Å². The number of hydrogen-bond acceptors (Lipinski definition) is 6. The lowest BCUT2D eigenvalue weighted by molar-refractivity contribution is -0.132. The van der Waals surface area contributed by atoms with Crippen LogP contribution in [0.15, 0.2) is 54.1 Å². The van der Waals surface area contributed by atoms with Gasteiger partial charge in [0.1, 0.15) is 11.5 Å². The van der Waals surface area contributed by atoms with Crippen molar-refractivity contribution in [2.45, 2.75) is 26.8 Å². The van der Waals surface area contributed by atoms with E-state index < -0.39 is 17.7 Å². The van der Waals surface area contributed by atoms with Gasteiger partial charge in [-0.1, -0.05) is 23.7 Å². The molecule has 0 bridgehead atoms. The van der Waals surface area contributed by atoms with Crippen molar-refractivity contribution in [1.82, 2.24) is 4.98 Å².